The molecule has 0 bridgehead atoms. The number of rotatable bonds is 6. The lowest BCUT2D eigenvalue weighted by atomic mass is 9.66. The van der Waals surface area contributed by atoms with Crippen molar-refractivity contribution in [2.24, 2.45) is 11.3 Å². The van der Waals surface area contributed by atoms with Gasteiger partial charge in [0.15, 0.2) is 0 Å². The normalized spacial score (nSPS) is 20.9. The zero-order valence-corrected chi connectivity index (χ0v) is 20.6. The Balaban J connectivity index is 1.67. The van der Waals surface area contributed by atoms with Gasteiger partial charge >= 0.3 is 11.9 Å². The number of hydrogen-bond donors (Lipinski definition) is 1. The molecule has 2 unspecified atom stereocenters. The summed E-state index contributed by atoms with van der Waals surface area (Å²) < 4.78 is 10.9. The van der Waals surface area contributed by atoms with Crippen molar-refractivity contribution in [3.05, 3.63) is 88.8 Å². The van der Waals surface area contributed by atoms with E-state index < -0.39 is 23.8 Å². The van der Waals surface area contributed by atoms with E-state index in [4.69, 9.17) is 9.47 Å². The van der Waals surface area contributed by atoms with Gasteiger partial charge in [-0.1, -0.05) is 62.4 Å². The lowest BCUT2D eigenvalue weighted by Gasteiger charge is -2.41. The topological polar surface area (TPSA) is 81.7 Å². The van der Waals surface area contributed by atoms with E-state index in [1.165, 1.54) is 6.92 Å². The van der Waals surface area contributed by atoms with E-state index >= 15 is 0 Å². The molecule has 0 saturated carbocycles. The van der Waals surface area contributed by atoms with Crippen LogP contribution in [0.15, 0.2) is 77.6 Å². The number of esters is 2. The zero-order valence-electron chi connectivity index (χ0n) is 20.6. The predicted molar refractivity (Wildman–Crippen MR) is 132 cm³/mol. The largest absolute Gasteiger partial charge is 0.462 e. The number of carbonyl (C=O) groups excluding carboxylic acids is 3. The third-order valence-corrected chi connectivity index (χ3v) is 6.43. The molecule has 1 heterocycles. The molecule has 2 aromatic carbocycles. The maximum absolute atomic E-state index is 13.4. The molecule has 4 rings (SSSR count). The molecule has 2 aliphatic rings. The van der Waals surface area contributed by atoms with Gasteiger partial charge in [0.1, 0.15) is 11.5 Å². The van der Waals surface area contributed by atoms with Crippen LogP contribution in [0.3, 0.4) is 0 Å². The summed E-state index contributed by atoms with van der Waals surface area (Å²) >= 11 is 0. The number of nitrogens with one attached hydrogen (secondary N) is 1. The van der Waals surface area contributed by atoms with E-state index in [0.717, 1.165) is 16.8 Å². The number of allylic oxidation sites excluding steroid dienone is 3. The minimum absolute atomic E-state index is 0.0798. The Kier molecular flexibility index (Phi) is 6.92. The van der Waals surface area contributed by atoms with Crippen molar-refractivity contribution in [1.29, 1.82) is 0 Å². The van der Waals surface area contributed by atoms with Gasteiger partial charge in [-0.3, -0.25) is 9.59 Å². The van der Waals surface area contributed by atoms with Gasteiger partial charge in [-0.25, -0.2) is 4.79 Å². The van der Waals surface area contributed by atoms with Crippen molar-refractivity contribution < 1.29 is 23.9 Å². The van der Waals surface area contributed by atoms with Crippen molar-refractivity contribution in [2.45, 2.75) is 46.5 Å². The predicted octanol–water partition coefficient (Wildman–Crippen LogP) is 4.86. The fourth-order valence-corrected chi connectivity index (χ4v) is 4.99. The molecule has 0 spiro atoms. The summed E-state index contributed by atoms with van der Waals surface area (Å²) in [5.41, 5.74) is 3.55. The van der Waals surface area contributed by atoms with Gasteiger partial charge in [0.05, 0.1) is 18.1 Å². The number of hydrogen-bond acceptors (Lipinski definition) is 6. The second-order valence-corrected chi connectivity index (χ2v) is 9.88. The maximum Gasteiger partial charge on any atom is 0.336 e. The molecule has 0 aromatic heterocycles. The minimum atomic E-state index is -0.511. The third kappa shape index (κ3) is 5.53. The van der Waals surface area contributed by atoms with E-state index in [2.05, 4.69) is 11.4 Å². The Morgan fingerprint density at radius 3 is 2.37 bits per heavy atom. The highest BCUT2D eigenvalue weighted by Crippen LogP contribution is 2.47. The van der Waals surface area contributed by atoms with Crippen molar-refractivity contribution in [1.82, 2.24) is 5.32 Å². The van der Waals surface area contributed by atoms with E-state index in [9.17, 15) is 14.4 Å². The van der Waals surface area contributed by atoms with Crippen molar-refractivity contribution in [3.8, 4) is 5.75 Å². The van der Waals surface area contributed by atoms with Gasteiger partial charge in [-0.05, 0) is 35.6 Å². The highest BCUT2D eigenvalue weighted by atomic mass is 16.5. The Morgan fingerprint density at radius 2 is 1.71 bits per heavy atom. The average Bonchev–Trinajstić information content (AvgIpc) is 2.78. The standard InChI is InChI=1S/C29H31NO5/c1-18-25(28(33)34-15-14-20-8-6-5-7-9-20)26(21-10-12-22(13-11-21)35-19(2)31)27-23(30-18)16-29(3,4)17-24(27)32/h5-13,16,26-27,30H,14-15,17H2,1-4H3. The molecule has 0 saturated heterocycles. The maximum atomic E-state index is 13.4. The van der Waals surface area contributed by atoms with Crippen LogP contribution in [0.4, 0.5) is 0 Å². The quantitative estimate of drug-likeness (QED) is 0.477. The summed E-state index contributed by atoms with van der Waals surface area (Å²) in [5, 5.41) is 3.33. The van der Waals surface area contributed by atoms with E-state index in [1.54, 1.807) is 12.1 Å². The van der Waals surface area contributed by atoms with E-state index in [1.807, 2.05) is 63.2 Å². The first kappa shape index (κ1) is 24.5. The van der Waals surface area contributed by atoms with E-state index in [-0.39, 0.29) is 17.8 Å². The minimum Gasteiger partial charge on any atom is -0.462 e. The molecule has 0 amide bonds. The molecule has 1 N–H and O–H groups in total. The van der Waals surface area contributed by atoms with Gasteiger partial charge in [-0.15, -0.1) is 0 Å². The Morgan fingerprint density at radius 1 is 1.03 bits per heavy atom. The molecule has 1 aliphatic carbocycles. The van der Waals surface area contributed by atoms with Crippen LogP contribution in [0.5, 0.6) is 5.75 Å². The van der Waals surface area contributed by atoms with Gasteiger partial charge in [0.2, 0.25) is 0 Å². The number of benzene rings is 2. The van der Waals surface area contributed by atoms with Crippen LogP contribution in [-0.4, -0.2) is 24.3 Å². The number of carbonyl (C=O) groups is 3. The fraction of sp³-hybridized carbons (Fsp3) is 0.345. The number of fused-ring (bicyclic) bond motifs is 1. The van der Waals surface area contributed by atoms with Crippen LogP contribution in [0, 0.1) is 11.3 Å². The van der Waals surface area contributed by atoms with Crippen molar-refractivity contribution in [3.63, 3.8) is 0 Å². The van der Waals surface area contributed by atoms with Crippen LogP contribution in [0.25, 0.3) is 0 Å². The number of ether oxygens (including phenoxy) is 2. The van der Waals surface area contributed by atoms with Crippen LogP contribution in [0.1, 0.15) is 51.2 Å². The fourth-order valence-electron chi connectivity index (χ4n) is 4.99. The molecule has 6 nitrogen and oxygen atoms in total. The van der Waals surface area contributed by atoms with Gasteiger partial charge in [0.25, 0.3) is 0 Å². The molecular weight excluding hydrogens is 442 g/mol. The lowest BCUT2D eigenvalue weighted by molar-refractivity contribution is -0.139. The Labute approximate surface area is 206 Å². The molecule has 35 heavy (non-hydrogen) atoms. The highest BCUT2D eigenvalue weighted by molar-refractivity contribution is 5.96. The monoisotopic (exact) mass is 473 g/mol. The summed E-state index contributed by atoms with van der Waals surface area (Å²) in [5.74, 6) is -1.36. The summed E-state index contributed by atoms with van der Waals surface area (Å²) in [6, 6.07) is 16.8. The molecule has 1 aliphatic heterocycles. The zero-order chi connectivity index (χ0) is 25.2. The van der Waals surface area contributed by atoms with Gasteiger partial charge < -0.3 is 14.8 Å². The summed E-state index contributed by atoms with van der Waals surface area (Å²) in [4.78, 5) is 38.1. The lowest BCUT2D eigenvalue weighted by Crippen LogP contribution is -2.43. The molecular formula is C29H31NO5. The first-order valence-corrected chi connectivity index (χ1v) is 11.9. The first-order valence-electron chi connectivity index (χ1n) is 11.9. The van der Waals surface area contributed by atoms with Crippen LogP contribution in [0.2, 0.25) is 0 Å². The van der Waals surface area contributed by atoms with Crippen LogP contribution >= 0.6 is 0 Å². The summed E-state index contributed by atoms with van der Waals surface area (Å²) in [6.45, 7) is 7.50. The Hall–Kier alpha value is -3.67. The number of Topliss-reactive ketones (excluding diaryl/α,β-unsaturated/α-hetero) is 1. The average molecular weight is 474 g/mol. The molecule has 0 fully saturated rings. The van der Waals surface area contributed by atoms with Crippen molar-refractivity contribution in [2.75, 3.05) is 6.61 Å². The SMILES string of the molecule is CC(=O)Oc1ccc(C2C(C(=O)OCCc3ccccc3)=C(C)NC3=CC(C)(C)CC(=O)C32)cc1. The summed E-state index contributed by atoms with van der Waals surface area (Å²) in [7, 11) is 0. The van der Waals surface area contributed by atoms with Gasteiger partial charge in [-0.2, -0.15) is 0 Å². The number of ketones is 1. The van der Waals surface area contributed by atoms with E-state index in [0.29, 0.717) is 29.9 Å². The summed E-state index contributed by atoms with van der Waals surface area (Å²) in [6.07, 6.45) is 3.09. The second kappa shape index (κ2) is 9.90. The molecule has 0 radical (unpaired) electrons. The smallest absolute Gasteiger partial charge is 0.336 e. The Bertz CT molecular complexity index is 1190. The van der Waals surface area contributed by atoms with Crippen LogP contribution < -0.4 is 10.1 Å². The first-order chi connectivity index (χ1) is 16.6. The molecule has 6 heteroatoms. The highest BCUT2D eigenvalue weighted by Gasteiger charge is 2.46. The third-order valence-electron chi connectivity index (χ3n) is 6.43. The van der Waals surface area contributed by atoms with Crippen LogP contribution in [-0.2, 0) is 25.5 Å². The molecule has 182 valence electrons. The van der Waals surface area contributed by atoms with Crippen molar-refractivity contribution >= 4 is 17.7 Å². The molecule has 2 atom stereocenters. The second-order valence-electron chi connectivity index (χ2n) is 9.88. The van der Waals surface area contributed by atoms with Gasteiger partial charge in [0, 0.05) is 37.1 Å². The molecule has 2 aromatic rings.